The van der Waals surface area contributed by atoms with E-state index in [9.17, 15) is 9.59 Å². The lowest BCUT2D eigenvalue weighted by Crippen LogP contribution is -2.28. The number of carbonyl (C=O) groups excluding carboxylic acids is 2. The molecule has 0 radical (unpaired) electrons. The van der Waals surface area contributed by atoms with Gasteiger partial charge in [-0.05, 0) is 34.0 Å². The van der Waals surface area contributed by atoms with Gasteiger partial charge in [-0.2, -0.15) is 16.4 Å². The number of esters is 1. The van der Waals surface area contributed by atoms with Gasteiger partial charge in [0, 0.05) is 12.5 Å². The molecule has 24 heavy (non-hydrogen) atoms. The van der Waals surface area contributed by atoms with Crippen molar-refractivity contribution in [2.24, 2.45) is 5.10 Å². The third-order valence-corrected chi connectivity index (χ3v) is 4.19. The summed E-state index contributed by atoms with van der Waals surface area (Å²) in [6, 6.07) is 11.6. The van der Waals surface area contributed by atoms with E-state index in [-0.39, 0.29) is 12.5 Å². The Morgan fingerprint density at radius 2 is 2.08 bits per heavy atom. The summed E-state index contributed by atoms with van der Waals surface area (Å²) in [7, 11) is 0. The van der Waals surface area contributed by atoms with Crippen LogP contribution in [0.1, 0.15) is 17.5 Å². The molecule has 0 fully saturated rings. The average molecular weight is 340 g/mol. The van der Waals surface area contributed by atoms with Gasteiger partial charge in [-0.15, -0.1) is 0 Å². The molecule has 0 spiro atoms. The Hall–Kier alpha value is -2.73. The minimum absolute atomic E-state index is 0.307. The van der Waals surface area contributed by atoms with Crippen LogP contribution < -0.4 is 0 Å². The van der Waals surface area contributed by atoms with Gasteiger partial charge < -0.3 is 4.74 Å². The maximum atomic E-state index is 12.1. The molecule has 2 heterocycles. The van der Waals surface area contributed by atoms with E-state index in [4.69, 9.17) is 4.74 Å². The molecule has 5 nitrogen and oxygen atoms in total. The Kier molecular flexibility index (Phi) is 5.18. The van der Waals surface area contributed by atoms with E-state index >= 15 is 0 Å². The number of thiophene rings is 1. The zero-order valence-electron chi connectivity index (χ0n) is 12.9. The number of amides is 1. The molecule has 122 valence electrons. The zero-order valence-corrected chi connectivity index (χ0v) is 13.7. The normalized spacial score (nSPS) is 14.0. The molecule has 2 aromatic rings. The van der Waals surface area contributed by atoms with Crippen LogP contribution in [-0.2, 0) is 14.3 Å². The predicted octanol–water partition coefficient (Wildman–Crippen LogP) is 2.94. The van der Waals surface area contributed by atoms with Crippen LogP contribution in [0.3, 0.4) is 0 Å². The van der Waals surface area contributed by atoms with Crippen molar-refractivity contribution in [2.45, 2.75) is 6.42 Å². The zero-order chi connectivity index (χ0) is 16.8. The van der Waals surface area contributed by atoms with Gasteiger partial charge in [0.1, 0.15) is 0 Å². The van der Waals surface area contributed by atoms with Crippen molar-refractivity contribution in [1.82, 2.24) is 5.01 Å². The highest BCUT2D eigenvalue weighted by atomic mass is 32.1. The highest BCUT2D eigenvalue weighted by Gasteiger charge is 2.22. The van der Waals surface area contributed by atoms with E-state index in [0.717, 1.165) is 16.8 Å². The van der Waals surface area contributed by atoms with Crippen LogP contribution in [0.25, 0.3) is 6.08 Å². The van der Waals surface area contributed by atoms with Gasteiger partial charge in [0.2, 0.25) is 0 Å². The number of hydrogen-bond donors (Lipinski definition) is 0. The summed E-state index contributed by atoms with van der Waals surface area (Å²) in [5, 5.41) is 9.51. The second kappa shape index (κ2) is 7.70. The molecule has 1 amide bonds. The Labute approximate surface area is 143 Å². The second-order valence-electron chi connectivity index (χ2n) is 5.18. The largest absolute Gasteiger partial charge is 0.452 e. The number of carbonyl (C=O) groups is 2. The average Bonchev–Trinajstić information content (AvgIpc) is 3.30. The second-order valence-corrected chi connectivity index (χ2v) is 5.96. The van der Waals surface area contributed by atoms with Crippen LogP contribution in [-0.4, -0.2) is 35.7 Å². The number of hydrogen-bond acceptors (Lipinski definition) is 5. The molecule has 0 unspecified atom stereocenters. The molecule has 0 atom stereocenters. The Balaban J connectivity index is 1.51. The van der Waals surface area contributed by atoms with E-state index in [2.05, 4.69) is 5.10 Å². The first-order valence-corrected chi connectivity index (χ1v) is 8.47. The number of nitrogens with zero attached hydrogens (tertiary/aromatic N) is 2. The standard InChI is InChI=1S/C18H16N2O3S/c21-17(12-23-18(22)7-6-14-9-11-24-13-14)20-10-8-16(19-20)15-4-2-1-3-5-15/h1-7,9,11,13H,8,10,12H2/b7-6+. The molecule has 0 bridgehead atoms. The lowest BCUT2D eigenvalue weighted by Gasteiger charge is -2.10. The van der Waals surface area contributed by atoms with Gasteiger partial charge in [-0.25, -0.2) is 9.80 Å². The summed E-state index contributed by atoms with van der Waals surface area (Å²) in [4.78, 5) is 23.7. The lowest BCUT2D eigenvalue weighted by molar-refractivity contribution is -0.147. The molecular weight excluding hydrogens is 324 g/mol. The fourth-order valence-electron chi connectivity index (χ4n) is 2.26. The van der Waals surface area contributed by atoms with Crippen molar-refractivity contribution in [3.8, 4) is 0 Å². The smallest absolute Gasteiger partial charge is 0.331 e. The maximum absolute atomic E-state index is 12.1. The van der Waals surface area contributed by atoms with Crippen LogP contribution in [0, 0.1) is 0 Å². The van der Waals surface area contributed by atoms with Crippen molar-refractivity contribution in [1.29, 1.82) is 0 Å². The molecule has 0 saturated heterocycles. The Morgan fingerprint density at radius 1 is 1.25 bits per heavy atom. The fourth-order valence-corrected chi connectivity index (χ4v) is 2.89. The van der Waals surface area contributed by atoms with Crippen molar-refractivity contribution >= 4 is 35.0 Å². The first-order valence-electron chi connectivity index (χ1n) is 7.53. The highest BCUT2D eigenvalue weighted by Crippen LogP contribution is 2.14. The monoisotopic (exact) mass is 340 g/mol. The van der Waals surface area contributed by atoms with Gasteiger partial charge in [-0.1, -0.05) is 30.3 Å². The van der Waals surface area contributed by atoms with Crippen molar-refractivity contribution in [3.05, 3.63) is 64.4 Å². The highest BCUT2D eigenvalue weighted by molar-refractivity contribution is 7.08. The van der Waals surface area contributed by atoms with Gasteiger partial charge in [-0.3, -0.25) is 4.79 Å². The third kappa shape index (κ3) is 4.17. The Morgan fingerprint density at radius 3 is 2.83 bits per heavy atom. The molecular formula is C18H16N2O3S. The minimum atomic E-state index is -0.541. The molecule has 1 aliphatic rings. The number of hydrazone groups is 1. The molecule has 1 aromatic heterocycles. The molecule has 3 rings (SSSR count). The number of benzene rings is 1. The molecule has 0 N–H and O–H groups in total. The van der Waals surface area contributed by atoms with Crippen LogP contribution in [0.15, 0.2) is 58.3 Å². The van der Waals surface area contributed by atoms with Crippen LogP contribution in [0.2, 0.25) is 0 Å². The minimum Gasteiger partial charge on any atom is -0.452 e. The predicted molar refractivity (Wildman–Crippen MR) is 93.6 cm³/mol. The number of ether oxygens (including phenoxy) is 1. The summed E-state index contributed by atoms with van der Waals surface area (Å²) in [6.45, 7) is 0.198. The van der Waals surface area contributed by atoms with Crippen molar-refractivity contribution < 1.29 is 14.3 Å². The van der Waals surface area contributed by atoms with Crippen molar-refractivity contribution in [2.75, 3.05) is 13.2 Å². The fraction of sp³-hybridized carbons (Fsp3) is 0.167. The topological polar surface area (TPSA) is 59.0 Å². The van der Waals surface area contributed by atoms with E-state index in [0.29, 0.717) is 13.0 Å². The SMILES string of the molecule is O=C(/C=C/c1ccsc1)OCC(=O)N1CCC(c2ccccc2)=N1. The van der Waals surface area contributed by atoms with Crippen LogP contribution in [0.4, 0.5) is 0 Å². The van der Waals surface area contributed by atoms with E-state index < -0.39 is 5.97 Å². The Bertz CT molecular complexity index is 767. The molecule has 6 heteroatoms. The first kappa shape index (κ1) is 16.1. The summed E-state index contributed by atoms with van der Waals surface area (Å²) >= 11 is 1.55. The summed E-state index contributed by atoms with van der Waals surface area (Å²) < 4.78 is 4.97. The molecule has 0 saturated carbocycles. The summed E-state index contributed by atoms with van der Waals surface area (Å²) in [6.07, 6.45) is 3.67. The van der Waals surface area contributed by atoms with E-state index in [1.54, 1.807) is 17.4 Å². The molecule has 0 aliphatic carbocycles. The van der Waals surface area contributed by atoms with E-state index in [1.807, 2.05) is 47.2 Å². The van der Waals surface area contributed by atoms with Gasteiger partial charge in [0.25, 0.3) is 5.91 Å². The van der Waals surface area contributed by atoms with E-state index in [1.165, 1.54) is 11.1 Å². The number of rotatable bonds is 5. The summed E-state index contributed by atoms with van der Waals surface area (Å²) in [5.74, 6) is -0.862. The van der Waals surface area contributed by atoms with Crippen LogP contribution in [0.5, 0.6) is 0 Å². The molecule has 1 aliphatic heterocycles. The molecule has 1 aromatic carbocycles. The van der Waals surface area contributed by atoms with Crippen molar-refractivity contribution in [3.63, 3.8) is 0 Å². The first-order chi connectivity index (χ1) is 11.7. The van der Waals surface area contributed by atoms with Gasteiger partial charge in [0.05, 0.1) is 12.3 Å². The van der Waals surface area contributed by atoms with Gasteiger partial charge >= 0.3 is 5.97 Å². The summed E-state index contributed by atoms with van der Waals surface area (Å²) in [5.41, 5.74) is 2.80. The van der Waals surface area contributed by atoms with Gasteiger partial charge in [0.15, 0.2) is 6.61 Å². The lowest BCUT2D eigenvalue weighted by atomic mass is 10.1. The third-order valence-electron chi connectivity index (χ3n) is 3.49. The quantitative estimate of drug-likeness (QED) is 0.621. The van der Waals surface area contributed by atoms with Crippen LogP contribution >= 0.6 is 11.3 Å². The maximum Gasteiger partial charge on any atom is 0.331 e.